The van der Waals surface area contributed by atoms with Crippen molar-refractivity contribution in [3.8, 4) is 11.6 Å². The highest BCUT2D eigenvalue weighted by Gasteiger charge is 2.21. The summed E-state index contributed by atoms with van der Waals surface area (Å²) in [7, 11) is -1.54. The molecule has 0 aliphatic rings. The predicted molar refractivity (Wildman–Crippen MR) is 145 cm³/mol. The Balaban J connectivity index is 1.53. The molecule has 1 unspecified atom stereocenters. The molecular weight excluding hydrogens is 466 g/mol. The number of pyridine rings is 2. The standard InChI is InChI=1S/C30H25N3O2S/c1-30(2,3)23-14-15-26(34)29-22(23)13-16-28(32-29)36(35)19-11-12-21-20-8-4-5-9-24(20)33(25(21)18-19)27-10-6-7-17-31-27/h4-18,34H,1-3H3. The average molecular weight is 492 g/mol. The summed E-state index contributed by atoms with van der Waals surface area (Å²) in [6.45, 7) is 6.38. The summed E-state index contributed by atoms with van der Waals surface area (Å²) in [5, 5.41) is 14.0. The summed E-state index contributed by atoms with van der Waals surface area (Å²) in [5.41, 5.74) is 3.41. The molecule has 0 saturated carbocycles. The largest absolute Gasteiger partial charge is 0.506 e. The average Bonchev–Trinajstić information content (AvgIpc) is 3.22. The fraction of sp³-hybridized carbons (Fsp3) is 0.133. The number of phenolic OH excluding ortho intramolecular Hbond substituents is 1. The Hall–Kier alpha value is -4.03. The molecule has 0 radical (unpaired) electrons. The van der Waals surface area contributed by atoms with Crippen molar-refractivity contribution in [2.24, 2.45) is 0 Å². The van der Waals surface area contributed by atoms with Gasteiger partial charge >= 0.3 is 0 Å². The van der Waals surface area contributed by atoms with E-state index in [1.807, 2.05) is 60.7 Å². The first kappa shape index (κ1) is 22.4. The number of para-hydroxylation sites is 1. The smallest absolute Gasteiger partial charge is 0.141 e. The third kappa shape index (κ3) is 3.57. The van der Waals surface area contributed by atoms with Crippen molar-refractivity contribution >= 4 is 43.5 Å². The summed E-state index contributed by atoms with van der Waals surface area (Å²) in [4.78, 5) is 9.87. The molecule has 178 valence electrons. The molecule has 0 bridgehead atoms. The number of aromatic hydroxyl groups is 1. The maximum atomic E-state index is 13.7. The quantitative estimate of drug-likeness (QED) is 0.292. The number of hydrogen-bond donors (Lipinski definition) is 1. The van der Waals surface area contributed by atoms with E-state index < -0.39 is 10.8 Å². The first-order chi connectivity index (χ1) is 17.3. The van der Waals surface area contributed by atoms with Gasteiger partial charge in [-0.3, -0.25) is 4.57 Å². The van der Waals surface area contributed by atoms with Crippen molar-refractivity contribution in [2.75, 3.05) is 0 Å². The topological polar surface area (TPSA) is 68.0 Å². The lowest BCUT2D eigenvalue weighted by Gasteiger charge is -2.21. The van der Waals surface area contributed by atoms with Gasteiger partial charge in [-0.05, 0) is 59.5 Å². The Morgan fingerprint density at radius 1 is 0.806 bits per heavy atom. The minimum atomic E-state index is -1.54. The van der Waals surface area contributed by atoms with Crippen LogP contribution in [-0.2, 0) is 16.2 Å². The lowest BCUT2D eigenvalue weighted by atomic mass is 9.84. The summed E-state index contributed by atoms with van der Waals surface area (Å²) in [5.74, 6) is 0.887. The van der Waals surface area contributed by atoms with E-state index >= 15 is 0 Å². The molecule has 0 saturated heterocycles. The molecule has 5 nitrogen and oxygen atoms in total. The van der Waals surface area contributed by atoms with Gasteiger partial charge in [0.15, 0.2) is 0 Å². The molecule has 1 N–H and O–H groups in total. The molecule has 36 heavy (non-hydrogen) atoms. The molecule has 0 amide bonds. The SMILES string of the molecule is CC(C)(C)c1ccc(O)c2nc(S(=O)c3ccc4c5ccccc5n(-c5ccccn5)c4c3)ccc12. The van der Waals surface area contributed by atoms with Gasteiger partial charge in [-0.15, -0.1) is 0 Å². The predicted octanol–water partition coefficient (Wildman–Crippen LogP) is 6.90. The zero-order chi connectivity index (χ0) is 25.0. The summed E-state index contributed by atoms with van der Waals surface area (Å²) in [6, 6.07) is 27.2. The third-order valence-electron chi connectivity index (χ3n) is 6.55. The fourth-order valence-corrected chi connectivity index (χ4v) is 5.88. The highest BCUT2D eigenvalue weighted by molar-refractivity contribution is 7.85. The Morgan fingerprint density at radius 2 is 1.56 bits per heavy atom. The van der Waals surface area contributed by atoms with Crippen LogP contribution in [0.5, 0.6) is 5.75 Å². The maximum absolute atomic E-state index is 13.7. The molecule has 3 aromatic carbocycles. The Kier molecular flexibility index (Phi) is 5.16. The molecule has 3 aromatic heterocycles. The molecule has 0 spiro atoms. The van der Waals surface area contributed by atoms with Gasteiger partial charge in [0, 0.05) is 27.3 Å². The van der Waals surface area contributed by atoms with Gasteiger partial charge in [-0.25, -0.2) is 14.2 Å². The van der Waals surface area contributed by atoms with E-state index in [4.69, 9.17) is 0 Å². The molecule has 1 atom stereocenters. The van der Waals surface area contributed by atoms with Gasteiger partial charge in [-0.2, -0.15) is 0 Å². The first-order valence-electron chi connectivity index (χ1n) is 11.8. The molecular formula is C30H25N3O2S. The van der Waals surface area contributed by atoms with Crippen molar-refractivity contribution in [2.45, 2.75) is 36.1 Å². The van der Waals surface area contributed by atoms with E-state index in [1.54, 1.807) is 18.3 Å². The van der Waals surface area contributed by atoms with E-state index in [1.165, 1.54) is 0 Å². The highest BCUT2D eigenvalue weighted by atomic mass is 32.2. The van der Waals surface area contributed by atoms with Crippen molar-refractivity contribution in [1.82, 2.24) is 14.5 Å². The van der Waals surface area contributed by atoms with Crippen LogP contribution in [0.4, 0.5) is 0 Å². The van der Waals surface area contributed by atoms with Crippen molar-refractivity contribution in [3.63, 3.8) is 0 Å². The molecule has 3 heterocycles. The van der Waals surface area contributed by atoms with Gasteiger partial charge in [0.2, 0.25) is 0 Å². The molecule has 0 aliphatic carbocycles. The Morgan fingerprint density at radius 3 is 2.33 bits per heavy atom. The van der Waals surface area contributed by atoms with Crippen LogP contribution in [0, 0.1) is 0 Å². The number of hydrogen-bond acceptors (Lipinski definition) is 4. The minimum absolute atomic E-state index is 0.0857. The summed E-state index contributed by atoms with van der Waals surface area (Å²) >= 11 is 0. The second-order valence-electron chi connectivity index (χ2n) is 9.92. The number of phenols is 1. The second kappa shape index (κ2) is 8.28. The third-order valence-corrected chi connectivity index (χ3v) is 7.84. The van der Waals surface area contributed by atoms with Gasteiger partial charge in [-0.1, -0.05) is 57.2 Å². The molecule has 6 heteroatoms. The van der Waals surface area contributed by atoms with Gasteiger partial charge in [0.1, 0.15) is 32.9 Å². The zero-order valence-corrected chi connectivity index (χ0v) is 21.1. The summed E-state index contributed by atoms with van der Waals surface area (Å²) < 4.78 is 15.8. The van der Waals surface area contributed by atoms with Crippen LogP contribution < -0.4 is 0 Å². The van der Waals surface area contributed by atoms with Crippen molar-refractivity contribution in [3.05, 3.63) is 96.7 Å². The lowest BCUT2D eigenvalue weighted by Crippen LogP contribution is -2.12. The molecule has 6 rings (SSSR count). The Labute approximate surface area is 211 Å². The van der Waals surface area contributed by atoms with Crippen LogP contribution in [0.3, 0.4) is 0 Å². The van der Waals surface area contributed by atoms with Crippen LogP contribution in [0.15, 0.2) is 101 Å². The normalized spacial score (nSPS) is 13.0. The fourth-order valence-electron chi connectivity index (χ4n) is 4.86. The van der Waals surface area contributed by atoms with Crippen molar-refractivity contribution < 1.29 is 9.32 Å². The summed E-state index contributed by atoms with van der Waals surface area (Å²) in [6.07, 6.45) is 1.77. The lowest BCUT2D eigenvalue weighted by molar-refractivity contribution is 0.479. The number of benzene rings is 3. The highest BCUT2D eigenvalue weighted by Crippen LogP contribution is 2.36. The maximum Gasteiger partial charge on any atom is 0.141 e. The second-order valence-corrected chi connectivity index (χ2v) is 11.3. The van der Waals surface area contributed by atoms with Crippen LogP contribution >= 0.6 is 0 Å². The van der Waals surface area contributed by atoms with E-state index in [2.05, 4.69) is 47.4 Å². The van der Waals surface area contributed by atoms with E-state index in [9.17, 15) is 9.32 Å². The van der Waals surface area contributed by atoms with Crippen LogP contribution in [0.1, 0.15) is 26.3 Å². The minimum Gasteiger partial charge on any atom is -0.506 e. The van der Waals surface area contributed by atoms with Crippen molar-refractivity contribution in [1.29, 1.82) is 0 Å². The van der Waals surface area contributed by atoms with E-state index in [0.29, 0.717) is 15.4 Å². The van der Waals surface area contributed by atoms with Crippen LogP contribution in [0.25, 0.3) is 38.5 Å². The number of fused-ring (bicyclic) bond motifs is 4. The van der Waals surface area contributed by atoms with Crippen LogP contribution in [0.2, 0.25) is 0 Å². The van der Waals surface area contributed by atoms with Gasteiger partial charge < -0.3 is 5.11 Å². The number of nitrogens with zero attached hydrogens (tertiary/aromatic N) is 3. The molecule has 6 aromatic rings. The first-order valence-corrected chi connectivity index (χ1v) is 13.0. The van der Waals surface area contributed by atoms with E-state index in [-0.39, 0.29) is 11.2 Å². The number of rotatable bonds is 3. The van der Waals surface area contributed by atoms with Gasteiger partial charge in [0.25, 0.3) is 0 Å². The molecule has 0 aliphatic heterocycles. The van der Waals surface area contributed by atoms with Crippen LogP contribution in [-0.4, -0.2) is 23.9 Å². The van der Waals surface area contributed by atoms with E-state index in [0.717, 1.165) is 38.6 Å². The Bertz CT molecular complexity index is 1800. The zero-order valence-electron chi connectivity index (χ0n) is 20.3. The monoisotopic (exact) mass is 491 g/mol. The molecule has 0 fully saturated rings. The van der Waals surface area contributed by atoms with Gasteiger partial charge in [0.05, 0.1) is 11.0 Å². The number of aromatic nitrogens is 3.